The third kappa shape index (κ3) is 3.75. The number of ether oxygens (including phenoxy) is 1. The van der Waals surface area contributed by atoms with Crippen LogP contribution in [0.25, 0.3) is 0 Å². The van der Waals surface area contributed by atoms with Gasteiger partial charge in [0, 0.05) is 24.1 Å². The summed E-state index contributed by atoms with van der Waals surface area (Å²) in [5.74, 6) is -0.356. The van der Waals surface area contributed by atoms with E-state index in [0.29, 0.717) is 37.3 Å². The van der Waals surface area contributed by atoms with Gasteiger partial charge in [-0.15, -0.1) is 6.58 Å². The Kier molecular flexibility index (Phi) is 5.74. The zero-order valence-electron chi connectivity index (χ0n) is 11.9. The summed E-state index contributed by atoms with van der Waals surface area (Å²) in [6.45, 7) is 5.22. The quantitative estimate of drug-likeness (QED) is 0.773. The fraction of sp³-hybridized carbons (Fsp3) is 0.357. The number of halogens is 1. The molecule has 8 heteroatoms. The number of nitrogens with zero attached hydrogens (tertiary/aromatic N) is 1. The van der Waals surface area contributed by atoms with Crippen LogP contribution in [0.3, 0.4) is 0 Å². The number of rotatable bonds is 5. The molecule has 0 spiro atoms. The topological polar surface area (TPSA) is 75.7 Å². The van der Waals surface area contributed by atoms with Crippen molar-refractivity contribution in [3.8, 4) is 0 Å². The monoisotopic (exact) mass is 388 g/mol. The number of hydrogen-bond donors (Lipinski definition) is 1. The molecule has 0 atom stereocenters. The Morgan fingerprint density at radius 2 is 2.09 bits per heavy atom. The Balaban J connectivity index is 2.31. The molecule has 1 heterocycles. The van der Waals surface area contributed by atoms with Gasteiger partial charge < -0.3 is 10.1 Å². The van der Waals surface area contributed by atoms with Crippen LogP contribution in [0.2, 0.25) is 0 Å². The van der Waals surface area contributed by atoms with Crippen LogP contribution >= 0.6 is 15.9 Å². The molecule has 1 N–H and O–H groups in total. The van der Waals surface area contributed by atoms with Gasteiger partial charge >= 0.3 is 0 Å². The first-order chi connectivity index (χ1) is 10.5. The van der Waals surface area contributed by atoms with Crippen molar-refractivity contribution in [1.82, 2.24) is 9.62 Å². The molecule has 1 fully saturated rings. The second-order valence-electron chi connectivity index (χ2n) is 4.66. The van der Waals surface area contributed by atoms with Crippen molar-refractivity contribution in [2.45, 2.75) is 4.90 Å². The number of morpholine rings is 1. The molecule has 1 aliphatic heterocycles. The van der Waals surface area contributed by atoms with Gasteiger partial charge in [0.15, 0.2) is 0 Å². The summed E-state index contributed by atoms with van der Waals surface area (Å²) in [4.78, 5) is 12.2. The summed E-state index contributed by atoms with van der Waals surface area (Å²) >= 11 is 3.27. The Labute approximate surface area is 138 Å². The lowest BCUT2D eigenvalue weighted by atomic mass is 10.2. The number of benzene rings is 1. The van der Waals surface area contributed by atoms with Crippen molar-refractivity contribution >= 4 is 31.9 Å². The minimum Gasteiger partial charge on any atom is -0.379 e. The Morgan fingerprint density at radius 3 is 2.73 bits per heavy atom. The van der Waals surface area contributed by atoms with Crippen LogP contribution in [-0.2, 0) is 14.8 Å². The highest BCUT2D eigenvalue weighted by atomic mass is 79.9. The van der Waals surface area contributed by atoms with Gasteiger partial charge in [0.1, 0.15) is 0 Å². The second-order valence-corrected chi connectivity index (χ2v) is 7.45. The predicted molar refractivity (Wildman–Crippen MR) is 86.3 cm³/mol. The van der Waals surface area contributed by atoms with Crippen LogP contribution in [0.15, 0.2) is 40.2 Å². The normalized spacial score (nSPS) is 16.2. The van der Waals surface area contributed by atoms with Crippen molar-refractivity contribution in [1.29, 1.82) is 0 Å². The number of amides is 1. The molecule has 0 aliphatic carbocycles. The van der Waals surface area contributed by atoms with Crippen LogP contribution in [0.5, 0.6) is 0 Å². The minimum absolute atomic E-state index is 0.0985. The molecule has 0 unspecified atom stereocenters. The van der Waals surface area contributed by atoms with Gasteiger partial charge in [-0.05, 0) is 34.1 Å². The molecule has 120 valence electrons. The van der Waals surface area contributed by atoms with Gasteiger partial charge in [0.25, 0.3) is 5.91 Å². The molecule has 0 bridgehead atoms. The number of sulfonamides is 1. The molecular formula is C14H17BrN2O4S. The summed E-state index contributed by atoms with van der Waals surface area (Å²) in [6.07, 6.45) is 1.56. The van der Waals surface area contributed by atoms with E-state index in [1.54, 1.807) is 12.1 Å². The first-order valence-electron chi connectivity index (χ1n) is 6.73. The highest BCUT2D eigenvalue weighted by Gasteiger charge is 2.27. The van der Waals surface area contributed by atoms with Gasteiger partial charge in [-0.1, -0.05) is 6.08 Å². The van der Waals surface area contributed by atoms with Crippen LogP contribution in [0.1, 0.15) is 10.4 Å². The van der Waals surface area contributed by atoms with Crippen molar-refractivity contribution in [3.63, 3.8) is 0 Å². The zero-order valence-corrected chi connectivity index (χ0v) is 14.3. The van der Waals surface area contributed by atoms with Gasteiger partial charge in [0.05, 0.1) is 23.7 Å². The highest BCUT2D eigenvalue weighted by molar-refractivity contribution is 9.10. The molecule has 22 heavy (non-hydrogen) atoms. The number of carbonyl (C=O) groups excluding carboxylic acids is 1. The first kappa shape index (κ1) is 17.1. The maximum atomic E-state index is 12.6. The molecule has 1 aliphatic rings. The lowest BCUT2D eigenvalue weighted by Crippen LogP contribution is -2.40. The van der Waals surface area contributed by atoms with Crippen LogP contribution < -0.4 is 5.32 Å². The minimum atomic E-state index is -3.62. The number of nitrogens with one attached hydrogen (secondary N) is 1. The SMILES string of the molecule is C=CCNC(=O)c1cc(S(=O)(=O)N2CCOCC2)ccc1Br. The van der Waals surface area contributed by atoms with Crippen molar-refractivity contribution in [2.24, 2.45) is 0 Å². The molecule has 1 saturated heterocycles. The molecule has 1 aromatic carbocycles. The zero-order chi connectivity index (χ0) is 16.2. The van der Waals surface area contributed by atoms with Crippen LogP contribution in [0, 0.1) is 0 Å². The van der Waals surface area contributed by atoms with E-state index in [9.17, 15) is 13.2 Å². The largest absolute Gasteiger partial charge is 0.379 e. The van der Waals surface area contributed by atoms with Gasteiger partial charge in [-0.25, -0.2) is 8.42 Å². The first-order valence-corrected chi connectivity index (χ1v) is 8.96. The molecule has 0 saturated carbocycles. The van der Waals surface area contributed by atoms with E-state index in [1.807, 2.05) is 0 Å². The van der Waals surface area contributed by atoms with Crippen LogP contribution in [0.4, 0.5) is 0 Å². The average molecular weight is 389 g/mol. The van der Waals surface area contributed by atoms with E-state index in [1.165, 1.54) is 16.4 Å². The molecule has 1 aromatic rings. The third-order valence-electron chi connectivity index (χ3n) is 3.20. The summed E-state index contributed by atoms with van der Waals surface area (Å²) in [5.41, 5.74) is 0.274. The van der Waals surface area contributed by atoms with Crippen molar-refractivity contribution in [2.75, 3.05) is 32.8 Å². The average Bonchev–Trinajstić information content (AvgIpc) is 2.53. The van der Waals surface area contributed by atoms with E-state index >= 15 is 0 Å². The van der Waals surface area contributed by atoms with Gasteiger partial charge in [-0.3, -0.25) is 4.79 Å². The highest BCUT2D eigenvalue weighted by Crippen LogP contribution is 2.24. The van der Waals surface area contributed by atoms with E-state index < -0.39 is 10.0 Å². The smallest absolute Gasteiger partial charge is 0.252 e. The molecule has 1 amide bonds. The summed E-state index contributed by atoms with van der Waals surface area (Å²) in [6, 6.07) is 4.43. The van der Waals surface area contributed by atoms with E-state index in [2.05, 4.69) is 27.8 Å². The van der Waals surface area contributed by atoms with Gasteiger partial charge in [-0.2, -0.15) is 4.31 Å². The number of carbonyl (C=O) groups is 1. The van der Waals surface area contributed by atoms with E-state index in [4.69, 9.17) is 4.74 Å². The molecule has 0 aromatic heterocycles. The lowest BCUT2D eigenvalue weighted by molar-refractivity contribution is 0.0730. The van der Waals surface area contributed by atoms with E-state index in [0.717, 1.165) is 0 Å². The second kappa shape index (κ2) is 7.36. The summed E-state index contributed by atoms with van der Waals surface area (Å²) in [5, 5.41) is 2.63. The fourth-order valence-electron chi connectivity index (χ4n) is 2.03. The standard InChI is InChI=1S/C14H17BrN2O4S/c1-2-5-16-14(18)12-10-11(3-4-13(12)15)22(19,20)17-6-8-21-9-7-17/h2-4,10H,1,5-9H2,(H,16,18). The lowest BCUT2D eigenvalue weighted by Gasteiger charge is -2.26. The molecule has 0 radical (unpaired) electrons. The molecule has 2 rings (SSSR count). The fourth-order valence-corrected chi connectivity index (χ4v) is 3.90. The summed E-state index contributed by atoms with van der Waals surface area (Å²) < 4.78 is 32.3. The Bertz CT molecular complexity index is 669. The van der Waals surface area contributed by atoms with E-state index in [-0.39, 0.29) is 16.4 Å². The summed E-state index contributed by atoms with van der Waals surface area (Å²) in [7, 11) is -3.62. The Hall–Kier alpha value is -1.22. The maximum absolute atomic E-state index is 12.6. The van der Waals surface area contributed by atoms with Crippen molar-refractivity contribution < 1.29 is 17.9 Å². The molecular weight excluding hydrogens is 372 g/mol. The van der Waals surface area contributed by atoms with Gasteiger partial charge in [0.2, 0.25) is 10.0 Å². The number of hydrogen-bond acceptors (Lipinski definition) is 4. The predicted octanol–water partition coefficient (Wildman–Crippen LogP) is 1.39. The maximum Gasteiger partial charge on any atom is 0.252 e. The van der Waals surface area contributed by atoms with Crippen molar-refractivity contribution in [3.05, 3.63) is 40.9 Å². The molecule has 6 nitrogen and oxygen atoms in total. The van der Waals surface area contributed by atoms with Crippen LogP contribution in [-0.4, -0.2) is 51.5 Å². The third-order valence-corrected chi connectivity index (χ3v) is 5.78. The Morgan fingerprint density at radius 1 is 1.41 bits per heavy atom.